The Kier molecular flexibility index (Phi) is 6.06. The lowest BCUT2D eigenvalue weighted by Gasteiger charge is -2.20. The molecule has 2 amide bonds. The number of carbonyl (C=O) groups is 2. The van der Waals surface area contributed by atoms with E-state index in [1.165, 1.54) is 18.7 Å². The number of rotatable bonds is 6. The highest BCUT2D eigenvalue weighted by Gasteiger charge is 2.34. The molecule has 154 valence electrons. The summed E-state index contributed by atoms with van der Waals surface area (Å²) in [5, 5.41) is 11.0. The van der Waals surface area contributed by atoms with E-state index in [0.717, 1.165) is 26.9 Å². The van der Waals surface area contributed by atoms with Crippen molar-refractivity contribution < 1.29 is 14.0 Å². The van der Waals surface area contributed by atoms with Crippen molar-refractivity contribution in [3.63, 3.8) is 0 Å². The number of anilines is 1. The van der Waals surface area contributed by atoms with Crippen LogP contribution in [-0.4, -0.2) is 28.3 Å². The van der Waals surface area contributed by atoms with Gasteiger partial charge in [0, 0.05) is 28.8 Å². The summed E-state index contributed by atoms with van der Waals surface area (Å²) in [7, 11) is 0. The van der Waals surface area contributed by atoms with Gasteiger partial charge >= 0.3 is 0 Å². The van der Waals surface area contributed by atoms with Gasteiger partial charge in [0.1, 0.15) is 17.2 Å². The van der Waals surface area contributed by atoms with Crippen LogP contribution in [-0.2, 0) is 9.59 Å². The van der Waals surface area contributed by atoms with Crippen molar-refractivity contribution in [2.24, 2.45) is 5.10 Å². The molecular formula is C22H21N3O3S2. The Morgan fingerprint density at radius 1 is 1.23 bits per heavy atom. The zero-order valence-electron chi connectivity index (χ0n) is 16.6. The van der Waals surface area contributed by atoms with E-state index in [9.17, 15) is 9.59 Å². The van der Waals surface area contributed by atoms with E-state index in [1.807, 2.05) is 60.8 Å². The highest BCUT2D eigenvalue weighted by atomic mass is 32.2. The van der Waals surface area contributed by atoms with E-state index in [1.54, 1.807) is 16.3 Å². The molecule has 0 bridgehead atoms. The first-order valence-corrected chi connectivity index (χ1v) is 11.4. The Hall–Kier alpha value is -2.84. The zero-order chi connectivity index (χ0) is 21.1. The first kappa shape index (κ1) is 20.4. The summed E-state index contributed by atoms with van der Waals surface area (Å²) in [4.78, 5) is 26.2. The highest BCUT2D eigenvalue weighted by Crippen LogP contribution is 2.36. The molecule has 1 aliphatic rings. The average molecular weight is 440 g/mol. The normalized spacial score (nSPS) is 15.9. The van der Waals surface area contributed by atoms with Gasteiger partial charge in [-0.3, -0.25) is 9.59 Å². The molecule has 30 heavy (non-hydrogen) atoms. The van der Waals surface area contributed by atoms with Gasteiger partial charge in [-0.05, 0) is 54.8 Å². The maximum Gasteiger partial charge on any atom is 0.253 e. The van der Waals surface area contributed by atoms with Crippen LogP contribution in [0.4, 0.5) is 5.69 Å². The molecule has 8 heteroatoms. The Morgan fingerprint density at radius 3 is 2.67 bits per heavy atom. The van der Waals surface area contributed by atoms with E-state index >= 15 is 0 Å². The molecular weight excluding hydrogens is 418 g/mol. The van der Waals surface area contributed by atoms with Crippen LogP contribution in [0, 0.1) is 6.92 Å². The standard InChI is InChI=1S/C22H21N3O3S2/c1-14-5-10-20(28-14)18-12-19(21-4-3-11-29-21)25(24-18)22(27)13-30-17-8-6-16(7-9-17)23-15(2)26/h3-11,19H,12-13H2,1-2H3,(H,23,26)/t19-/m1/s1. The number of nitrogens with one attached hydrogen (secondary N) is 1. The fraction of sp³-hybridized carbons (Fsp3) is 0.227. The highest BCUT2D eigenvalue weighted by molar-refractivity contribution is 8.00. The average Bonchev–Trinajstić information content (AvgIpc) is 3.46. The number of aryl methyl sites for hydroxylation is 1. The molecule has 2 aromatic heterocycles. The van der Waals surface area contributed by atoms with E-state index in [2.05, 4.69) is 10.4 Å². The lowest BCUT2D eigenvalue weighted by atomic mass is 10.1. The second-order valence-electron chi connectivity index (χ2n) is 6.92. The number of hydrogen-bond donors (Lipinski definition) is 1. The van der Waals surface area contributed by atoms with Gasteiger partial charge in [-0.15, -0.1) is 23.1 Å². The quantitative estimate of drug-likeness (QED) is 0.544. The lowest BCUT2D eigenvalue weighted by Crippen LogP contribution is -2.28. The van der Waals surface area contributed by atoms with Crippen LogP contribution in [0.5, 0.6) is 0 Å². The van der Waals surface area contributed by atoms with Gasteiger partial charge in [0.05, 0.1) is 11.8 Å². The minimum atomic E-state index is -0.111. The third kappa shape index (κ3) is 4.66. The van der Waals surface area contributed by atoms with Gasteiger partial charge in [0.25, 0.3) is 5.91 Å². The lowest BCUT2D eigenvalue weighted by molar-refractivity contribution is -0.130. The summed E-state index contributed by atoms with van der Waals surface area (Å²) in [5.41, 5.74) is 1.53. The molecule has 6 nitrogen and oxygen atoms in total. The minimum absolute atomic E-state index is 0.0531. The zero-order valence-corrected chi connectivity index (χ0v) is 18.3. The topological polar surface area (TPSA) is 74.9 Å². The molecule has 3 aromatic rings. The molecule has 0 spiro atoms. The number of furan rings is 1. The van der Waals surface area contributed by atoms with Crippen LogP contribution in [0.15, 0.2) is 68.3 Å². The molecule has 0 saturated heterocycles. The Balaban J connectivity index is 1.47. The van der Waals surface area contributed by atoms with Crippen molar-refractivity contribution in [2.75, 3.05) is 11.1 Å². The van der Waals surface area contributed by atoms with Gasteiger partial charge in [-0.2, -0.15) is 5.10 Å². The molecule has 1 atom stereocenters. The van der Waals surface area contributed by atoms with Gasteiger partial charge in [-0.1, -0.05) is 6.07 Å². The number of thiophene rings is 1. The number of nitrogens with zero attached hydrogens (tertiary/aromatic N) is 2. The molecule has 3 heterocycles. The van der Waals surface area contributed by atoms with Crippen LogP contribution in [0.3, 0.4) is 0 Å². The Labute approximate surface area is 183 Å². The number of carbonyl (C=O) groups excluding carboxylic acids is 2. The van der Waals surface area contributed by atoms with Crippen LogP contribution in [0.1, 0.15) is 35.8 Å². The summed E-state index contributed by atoms with van der Waals surface area (Å²) in [5.74, 6) is 1.64. The summed E-state index contributed by atoms with van der Waals surface area (Å²) in [6.07, 6.45) is 0.634. The SMILES string of the molecule is CC(=O)Nc1ccc(SCC(=O)N2N=C(c3ccc(C)o3)C[C@@H]2c2cccs2)cc1. The molecule has 1 aliphatic heterocycles. The minimum Gasteiger partial charge on any atom is -0.460 e. The third-order valence-electron chi connectivity index (χ3n) is 4.60. The Morgan fingerprint density at radius 2 is 2.03 bits per heavy atom. The largest absolute Gasteiger partial charge is 0.460 e. The summed E-state index contributed by atoms with van der Waals surface area (Å²) < 4.78 is 5.73. The summed E-state index contributed by atoms with van der Waals surface area (Å²) in [6, 6.07) is 15.2. The van der Waals surface area contributed by atoms with Crippen molar-refractivity contribution in [2.45, 2.75) is 31.2 Å². The van der Waals surface area contributed by atoms with E-state index in [0.29, 0.717) is 12.2 Å². The number of amides is 2. The second-order valence-corrected chi connectivity index (χ2v) is 8.95. The smallest absolute Gasteiger partial charge is 0.253 e. The molecule has 1 aromatic carbocycles. The predicted molar refractivity (Wildman–Crippen MR) is 120 cm³/mol. The monoisotopic (exact) mass is 439 g/mol. The van der Waals surface area contributed by atoms with Crippen LogP contribution in [0.2, 0.25) is 0 Å². The van der Waals surface area contributed by atoms with E-state index in [-0.39, 0.29) is 23.6 Å². The second kappa shape index (κ2) is 8.89. The molecule has 0 fully saturated rings. The number of benzene rings is 1. The molecule has 1 N–H and O–H groups in total. The van der Waals surface area contributed by atoms with Gasteiger partial charge < -0.3 is 9.73 Å². The number of hydrogen-bond acceptors (Lipinski definition) is 6. The van der Waals surface area contributed by atoms with Crippen molar-refractivity contribution in [1.82, 2.24) is 5.01 Å². The predicted octanol–water partition coefficient (Wildman–Crippen LogP) is 5.08. The fourth-order valence-corrected chi connectivity index (χ4v) is 4.79. The van der Waals surface area contributed by atoms with Crippen molar-refractivity contribution in [1.29, 1.82) is 0 Å². The van der Waals surface area contributed by atoms with Crippen LogP contribution >= 0.6 is 23.1 Å². The molecule has 0 unspecified atom stereocenters. The number of thioether (sulfide) groups is 1. The summed E-state index contributed by atoms with van der Waals surface area (Å²) >= 11 is 3.08. The Bertz CT molecular complexity index is 1070. The van der Waals surface area contributed by atoms with Crippen LogP contribution < -0.4 is 5.32 Å². The third-order valence-corrected chi connectivity index (χ3v) is 6.57. The van der Waals surface area contributed by atoms with Crippen LogP contribution in [0.25, 0.3) is 0 Å². The maximum atomic E-state index is 13.0. The fourth-order valence-electron chi connectivity index (χ4n) is 3.23. The van der Waals surface area contributed by atoms with Crippen molar-refractivity contribution in [3.05, 3.63) is 70.3 Å². The van der Waals surface area contributed by atoms with Gasteiger partial charge in [0.2, 0.25) is 5.91 Å². The molecule has 0 radical (unpaired) electrons. The molecule has 0 aliphatic carbocycles. The van der Waals surface area contributed by atoms with E-state index in [4.69, 9.17) is 4.42 Å². The van der Waals surface area contributed by atoms with Crippen molar-refractivity contribution >= 4 is 46.3 Å². The molecule has 0 saturated carbocycles. The van der Waals surface area contributed by atoms with Gasteiger partial charge in [-0.25, -0.2) is 5.01 Å². The molecule has 4 rings (SSSR count). The maximum absolute atomic E-state index is 13.0. The van der Waals surface area contributed by atoms with Crippen molar-refractivity contribution in [3.8, 4) is 0 Å². The number of hydrazone groups is 1. The van der Waals surface area contributed by atoms with Gasteiger partial charge in [0.15, 0.2) is 0 Å². The first-order valence-electron chi connectivity index (χ1n) is 9.50. The first-order chi connectivity index (χ1) is 14.5. The van der Waals surface area contributed by atoms with E-state index < -0.39 is 0 Å². The summed E-state index contributed by atoms with van der Waals surface area (Å²) in [6.45, 7) is 3.37.